The van der Waals surface area contributed by atoms with Gasteiger partial charge in [0.15, 0.2) is 0 Å². The van der Waals surface area contributed by atoms with Gasteiger partial charge >= 0.3 is 6.18 Å². The standard InChI is InChI=1S/C13H25F3N2/c1-11(2,3)10-8-17-12(4,5)9-18(10)7-6-13(14,15)16/h10,17H,6-9H2,1-5H3. The molecule has 1 aliphatic rings. The minimum Gasteiger partial charge on any atom is -0.309 e. The zero-order valence-corrected chi connectivity index (χ0v) is 12.0. The number of piperazine rings is 1. The number of hydrogen-bond acceptors (Lipinski definition) is 2. The molecule has 1 fully saturated rings. The van der Waals surface area contributed by atoms with E-state index in [4.69, 9.17) is 0 Å². The molecule has 1 N–H and O–H groups in total. The van der Waals surface area contributed by atoms with Crippen LogP contribution < -0.4 is 5.32 Å². The first-order valence-corrected chi connectivity index (χ1v) is 6.47. The predicted octanol–water partition coefficient (Wildman–Crippen LogP) is 3.04. The van der Waals surface area contributed by atoms with Crippen molar-refractivity contribution in [3.8, 4) is 0 Å². The maximum atomic E-state index is 12.4. The summed E-state index contributed by atoms with van der Waals surface area (Å²) in [5.41, 5.74) is -0.136. The lowest BCUT2D eigenvalue weighted by atomic mass is 9.82. The van der Waals surface area contributed by atoms with E-state index in [1.54, 1.807) is 0 Å². The number of nitrogens with one attached hydrogen (secondary N) is 1. The van der Waals surface area contributed by atoms with E-state index >= 15 is 0 Å². The second kappa shape index (κ2) is 5.00. The van der Waals surface area contributed by atoms with E-state index in [0.29, 0.717) is 6.54 Å². The highest BCUT2D eigenvalue weighted by atomic mass is 19.4. The highest BCUT2D eigenvalue weighted by molar-refractivity contribution is 4.96. The van der Waals surface area contributed by atoms with Crippen LogP contribution in [0.15, 0.2) is 0 Å². The minimum absolute atomic E-state index is 0.0188. The molecule has 1 rings (SSSR count). The molecule has 0 radical (unpaired) electrons. The molecule has 1 aliphatic heterocycles. The Hall–Kier alpha value is -0.290. The molecule has 108 valence electrons. The molecule has 0 aromatic heterocycles. The van der Waals surface area contributed by atoms with Gasteiger partial charge in [0.1, 0.15) is 0 Å². The van der Waals surface area contributed by atoms with Crippen LogP contribution in [-0.2, 0) is 0 Å². The lowest BCUT2D eigenvalue weighted by Gasteiger charge is -2.49. The Morgan fingerprint density at radius 1 is 1.22 bits per heavy atom. The van der Waals surface area contributed by atoms with Crippen molar-refractivity contribution < 1.29 is 13.2 Å². The minimum atomic E-state index is -4.07. The first-order chi connectivity index (χ1) is 7.91. The predicted molar refractivity (Wildman–Crippen MR) is 67.6 cm³/mol. The summed E-state index contributed by atoms with van der Waals surface area (Å²) < 4.78 is 37.2. The van der Waals surface area contributed by atoms with Crippen molar-refractivity contribution in [1.29, 1.82) is 0 Å². The van der Waals surface area contributed by atoms with Gasteiger partial charge in [-0.25, -0.2) is 0 Å². The molecular weight excluding hydrogens is 241 g/mol. The fourth-order valence-electron chi connectivity index (χ4n) is 2.54. The van der Waals surface area contributed by atoms with Crippen LogP contribution in [0.3, 0.4) is 0 Å². The van der Waals surface area contributed by atoms with Crippen molar-refractivity contribution in [3.63, 3.8) is 0 Å². The van der Waals surface area contributed by atoms with E-state index in [1.165, 1.54) is 0 Å². The van der Waals surface area contributed by atoms with E-state index in [0.717, 1.165) is 6.54 Å². The van der Waals surface area contributed by atoms with Gasteiger partial charge in [-0.05, 0) is 19.3 Å². The molecule has 1 atom stereocenters. The van der Waals surface area contributed by atoms with Crippen molar-refractivity contribution in [1.82, 2.24) is 10.2 Å². The van der Waals surface area contributed by atoms with Crippen LogP contribution in [0.5, 0.6) is 0 Å². The highest BCUT2D eigenvalue weighted by Gasteiger charge is 2.39. The zero-order valence-electron chi connectivity index (χ0n) is 12.0. The number of rotatable bonds is 2. The normalized spacial score (nSPS) is 26.3. The van der Waals surface area contributed by atoms with Crippen LogP contribution in [0.2, 0.25) is 0 Å². The van der Waals surface area contributed by atoms with Gasteiger partial charge in [0.05, 0.1) is 6.42 Å². The van der Waals surface area contributed by atoms with Crippen molar-refractivity contribution in [3.05, 3.63) is 0 Å². The second-order valence-corrected chi connectivity index (χ2v) is 6.98. The Kier molecular flexibility index (Phi) is 4.38. The molecule has 0 aromatic rings. The van der Waals surface area contributed by atoms with Crippen LogP contribution in [0, 0.1) is 5.41 Å². The lowest BCUT2D eigenvalue weighted by Crippen LogP contribution is -2.64. The maximum Gasteiger partial charge on any atom is 0.390 e. The van der Waals surface area contributed by atoms with Crippen LogP contribution in [0.25, 0.3) is 0 Å². The SMILES string of the molecule is CC1(C)CN(CCC(F)(F)F)C(C(C)(C)C)CN1. The zero-order chi connectivity index (χ0) is 14.2. The Morgan fingerprint density at radius 3 is 2.22 bits per heavy atom. The summed E-state index contributed by atoms with van der Waals surface area (Å²) in [4.78, 5) is 1.99. The van der Waals surface area contributed by atoms with Crippen molar-refractivity contribution in [2.75, 3.05) is 19.6 Å². The Bertz CT molecular complexity index is 279. The molecule has 0 bridgehead atoms. The molecule has 0 amide bonds. The van der Waals surface area contributed by atoms with Gasteiger partial charge in [-0.1, -0.05) is 20.8 Å². The number of halogens is 3. The quantitative estimate of drug-likeness (QED) is 0.826. The van der Waals surface area contributed by atoms with E-state index in [-0.39, 0.29) is 23.5 Å². The molecule has 0 spiro atoms. The summed E-state index contributed by atoms with van der Waals surface area (Å²) in [6, 6.07) is 0.146. The van der Waals surface area contributed by atoms with Crippen LogP contribution in [-0.4, -0.2) is 42.3 Å². The highest BCUT2D eigenvalue weighted by Crippen LogP contribution is 2.30. The summed E-state index contributed by atoms with van der Waals surface area (Å²) in [6.07, 6.45) is -4.80. The van der Waals surface area contributed by atoms with Crippen LogP contribution >= 0.6 is 0 Å². The van der Waals surface area contributed by atoms with E-state index in [2.05, 4.69) is 26.1 Å². The third-order valence-electron chi connectivity index (χ3n) is 3.50. The van der Waals surface area contributed by atoms with Gasteiger partial charge in [-0.2, -0.15) is 13.2 Å². The van der Waals surface area contributed by atoms with Crippen LogP contribution in [0.1, 0.15) is 41.0 Å². The Morgan fingerprint density at radius 2 is 1.78 bits per heavy atom. The average molecular weight is 266 g/mol. The molecule has 18 heavy (non-hydrogen) atoms. The molecule has 5 heteroatoms. The van der Waals surface area contributed by atoms with Gasteiger partial charge in [0, 0.05) is 31.2 Å². The third kappa shape index (κ3) is 4.76. The van der Waals surface area contributed by atoms with Crippen molar-refractivity contribution in [2.24, 2.45) is 5.41 Å². The fraction of sp³-hybridized carbons (Fsp3) is 1.00. The number of hydrogen-bond donors (Lipinski definition) is 1. The van der Waals surface area contributed by atoms with Crippen molar-refractivity contribution >= 4 is 0 Å². The van der Waals surface area contributed by atoms with Gasteiger partial charge in [-0.3, -0.25) is 4.90 Å². The second-order valence-electron chi connectivity index (χ2n) is 6.98. The third-order valence-corrected chi connectivity index (χ3v) is 3.50. The molecule has 1 heterocycles. The molecule has 1 unspecified atom stereocenters. The molecule has 0 aliphatic carbocycles. The number of alkyl halides is 3. The first-order valence-electron chi connectivity index (χ1n) is 6.47. The maximum absolute atomic E-state index is 12.4. The summed E-state index contributed by atoms with van der Waals surface area (Å²) >= 11 is 0. The topological polar surface area (TPSA) is 15.3 Å². The molecule has 0 aromatic carbocycles. The Labute approximate surface area is 108 Å². The van der Waals surface area contributed by atoms with Gasteiger partial charge in [-0.15, -0.1) is 0 Å². The molecule has 0 saturated carbocycles. The van der Waals surface area contributed by atoms with E-state index in [9.17, 15) is 13.2 Å². The molecular formula is C13H25F3N2. The monoisotopic (exact) mass is 266 g/mol. The van der Waals surface area contributed by atoms with E-state index in [1.807, 2.05) is 18.7 Å². The summed E-state index contributed by atoms with van der Waals surface area (Å²) in [7, 11) is 0. The summed E-state index contributed by atoms with van der Waals surface area (Å²) in [5, 5.41) is 3.42. The van der Waals surface area contributed by atoms with Gasteiger partial charge in [0.25, 0.3) is 0 Å². The summed E-state index contributed by atoms with van der Waals surface area (Å²) in [6.45, 7) is 11.8. The molecule has 2 nitrogen and oxygen atoms in total. The smallest absolute Gasteiger partial charge is 0.309 e. The largest absolute Gasteiger partial charge is 0.390 e. The number of nitrogens with zero attached hydrogens (tertiary/aromatic N) is 1. The fourth-order valence-corrected chi connectivity index (χ4v) is 2.54. The summed E-state index contributed by atoms with van der Waals surface area (Å²) in [5.74, 6) is 0. The average Bonchev–Trinajstić information content (AvgIpc) is 2.10. The van der Waals surface area contributed by atoms with Crippen molar-refractivity contribution in [2.45, 2.75) is 58.8 Å². The van der Waals surface area contributed by atoms with Crippen LogP contribution in [0.4, 0.5) is 13.2 Å². The van der Waals surface area contributed by atoms with E-state index < -0.39 is 12.6 Å². The first kappa shape index (κ1) is 15.8. The van der Waals surface area contributed by atoms with Gasteiger partial charge in [0.2, 0.25) is 0 Å². The molecule has 1 saturated heterocycles. The Balaban J connectivity index is 2.72. The lowest BCUT2D eigenvalue weighted by molar-refractivity contribution is -0.142. The van der Waals surface area contributed by atoms with Gasteiger partial charge < -0.3 is 5.32 Å².